The van der Waals surface area contributed by atoms with Crippen LogP contribution in [0.2, 0.25) is 0 Å². The first-order chi connectivity index (χ1) is 42.5. The van der Waals surface area contributed by atoms with Gasteiger partial charge in [0.1, 0.15) is 17.2 Å². The van der Waals surface area contributed by atoms with Crippen LogP contribution in [0.1, 0.15) is 136 Å². The largest absolute Gasteiger partial charge is 0.465 e. The first-order valence-corrected chi connectivity index (χ1v) is 34.1. The van der Waals surface area contributed by atoms with Crippen LogP contribution < -0.4 is 14.2 Å². The monoisotopic (exact) mass is 1160 g/mol. The minimum absolute atomic E-state index is 0.281. The lowest BCUT2D eigenvalue weighted by Crippen LogP contribution is -2.48. The maximum Gasteiger partial charge on any atom is 0.196 e. The summed E-state index contributed by atoms with van der Waals surface area (Å²) in [5.74, 6) is 10.8. The summed E-state index contributed by atoms with van der Waals surface area (Å²) in [7, 11) is 0. The van der Waals surface area contributed by atoms with Crippen molar-refractivity contribution in [3.05, 3.63) is 164 Å². The van der Waals surface area contributed by atoms with Gasteiger partial charge in [-0.1, -0.05) is 127 Å². The minimum atomic E-state index is -0.284. The summed E-state index contributed by atoms with van der Waals surface area (Å²) in [5.41, 5.74) is 15.2. The van der Waals surface area contributed by atoms with Gasteiger partial charge in [0.15, 0.2) is 18.9 Å². The Morgan fingerprint density at radius 3 is 0.724 bits per heavy atom. The molecule has 7 aromatic rings. The van der Waals surface area contributed by atoms with E-state index in [-0.39, 0.29) is 18.9 Å². The third kappa shape index (κ3) is 11.8. The lowest BCUT2D eigenvalue weighted by Gasteiger charge is -2.56. The van der Waals surface area contributed by atoms with Crippen molar-refractivity contribution in [1.29, 1.82) is 0 Å². The molecule has 0 aliphatic heterocycles. The van der Waals surface area contributed by atoms with Gasteiger partial charge >= 0.3 is 0 Å². The van der Waals surface area contributed by atoms with E-state index in [2.05, 4.69) is 185 Å². The molecule has 12 saturated carbocycles. The lowest BCUT2D eigenvalue weighted by atomic mass is 9.50. The van der Waals surface area contributed by atoms with Gasteiger partial charge in [-0.05, 0) is 309 Å². The third-order valence-electron chi connectivity index (χ3n) is 23.5. The van der Waals surface area contributed by atoms with E-state index in [4.69, 9.17) is 28.4 Å². The Kier molecular flexibility index (Phi) is 14.8. The zero-order chi connectivity index (χ0) is 58.3. The summed E-state index contributed by atoms with van der Waals surface area (Å²) in [5, 5.41) is 0. The molecule has 7 aromatic carbocycles. The molecule has 12 fully saturated rings. The molecule has 450 valence electrons. The lowest BCUT2D eigenvalue weighted by molar-refractivity contribution is -0.146. The van der Waals surface area contributed by atoms with Gasteiger partial charge in [0, 0.05) is 0 Å². The molecule has 0 amide bonds. The van der Waals surface area contributed by atoms with Crippen molar-refractivity contribution in [3.63, 3.8) is 0 Å². The van der Waals surface area contributed by atoms with E-state index in [1.807, 2.05) is 0 Å². The second-order valence-corrected chi connectivity index (χ2v) is 30.3. The molecule has 0 radical (unpaired) electrons. The van der Waals surface area contributed by atoms with Crippen LogP contribution in [0.4, 0.5) is 0 Å². The summed E-state index contributed by atoms with van der Waals surface area (Å²) in [6.07, 6.45) is 24.4. The highest BCUT2D eigenvalue weighted by molar-refractivity contribution is 5.95. The molecular weight excluding hydrogens is 1070 g/mol. The van der Waals surface area contributed by atoms with Gasteiger partial charge in [-0.15, -0.1) is 0 Å². The summed E-state index contributed by atoms with van der Waals surface area (Å²) in [6, 6.07) is 59.7. The molecule has 0 N–H and O–H groups in total. The predicted molar refractivity (Wildman–Crippen MR) is 349 cm³/mol. The van der Waals surface area contributed by atoms with Gasteiger partial charge in [-0.3, -0.25) is 0 Å². The van der Waals surface area contributed by atoms with E-state index in [0.29, 0.717) is 16.2 Å². The van der Waals surface area contributed by atoms with Crippen LogP contribution >= 0.6 is 0 Å². The minimum Gasteiger partial charge on any atom is -0.465 e. The van der Waals surface area contributed by atoms with Gasteiger partial charge in [0.05, 0.1) is 19.8 Å². The van der Waals surface area contributed by atoms with E-state index in [9.17, 15) is 0 Å². The normalized spacial score (nSPS) is 31.4. The maximum atomic E-state index is 6.49. The summed E-state index contributed by atoms with van der Waals surface area (Å²) in [6.45, 7) is 8.66. The molecule has 3 unspecified atom stereocenters. The molecule has 0 heterocycles. The second kappa shape index (κ2) is 23.0. The third-order valence-corrected chi connectivity index (χ3v) is 23.5. The molecule has 87 heavy (non-hydrogen) atoms. The van der Waals surface area contributed by atoms with Crippen LogP contribution in [0.25, 0.3) is 66.8 Å². The van der Waals surface area contributed by atoms with Crippen molar-refractivity contribution in [2.24, 2.45) is 69.5 Å². The topological polar surface area (TPSA) is 55.4 Å². The highest BCUT2D eigenvalue weighted by Crippen LogP contribution is 2.63. The van der Waals surface area contributed by atoms with Crippen molar-refractivity contribution in [2.45, 2.75) is 155 Å². The van der Waals surface area contributed by atoms with E-state index in [1.54, 1.807) is 0 Å². The Morgan fingerprint density at radius 2 is 0.483 bits per heavy atom. The first-order valence-electron chi connectivity index (χ1n) is 34.1. The molecule has 19 rings (SSSR count). The fourth-order valence-corrected chi connectivity index (χ4v) is 21.0. The number of hydrogen-bond acceptors (Lipinski definition) is 6. The van der Waals surface area contributed by atoms with Crippen LogP contribution in [0.5, 0.6) is 17.2 Å². The van der Waals surface area contributed by atoms with Crippen molar-refractivity contribution in [2.75, 3.05) is 19.8 Å². The Hall–Kier alpha value is -6.18. The molecular formula is C81H90O6. The molecule has 12 aliphatic carbocycles. The van der Waals surface area contributed by atoms with Crippen LogP contribution in [0.15, 0.2) is 164 Å². The van der Waals surface area contributed by atoms with Gasteiger partial charge in [-0.25, -0.2) is 0 Å². The summed E-state index contributed by atoms with van der Waals surface area (Å²) >= 11 is 0. The van der Waals surface area contributed by atoms with Gasteiger partial charge in [-0.2, -0.15) is 0 Å². The van der Waals surface area contributed by atoms with Crippen molar-refractivity contribution < 1.29 is 28.4 Å². The van der Waals surface area contributed by atoms with E-state index in [1.165, 1.54) is 160 Å². The number of hydrogen-bond donors (Lipinski definition) is 0. The van der Waals surface area contributed by atoms with Crippen LogP contribution in [-0.2, 0) is 14.2 Å². The molecule has 6 heteroatoms. The van der Waals surface area contributed by atoms with E-state index in [0.717, 1.165) is 113 Å². The molecule has 0 aromatic heterocycles. The average molecular weight is 1160 g/mol. The zero-order valence-corrected chi connectivity index (χ0v) is 51.8. The van der Waals surface area contributed by atoms with Crippen LogP contribution in [-0.4, -0.2) is 38.7 Å². The van der Waals surface area contributed by atoms with Gasteiger partial charge < -0.3 is 28.4 Å². The Labute approximate surface area is 518 Å². The quantitative estimate of drug-likeness (QED) is 0.0669. The fourth-order valence-electron chi connectivity index (χ4n) is 21.0. The molecule has 3 atom stereocenters. The summed E-state index contributed by atoms with van der Waals surface area (Å²) < 4.78 is 38.6. The maximum absolute atomic E-state index is 6.49. The Morgan fingerprint density at radius 1 is 0.276 bits per heavy atom. The molecule has 12 bridgehead atoms. The van der Waals surface area contributed by atoms with Gasteiger partial charge in [0.2, 0.25) is 0 Å². The molecule has 0 spiro atoms. The Balaban J connectivity index is 0.612. The van der Waals surface area contributed by atoms with Crippen molar-refractivity contribution in [3.8, 4) is 84.0 Å². The predicted octanol–water partition coefficient (Wildman–Crippen LogP) is 20.6. The number of rotatable bonds is 21. The van der Waals surface area contributed by atoms with E-state index >= 15 is 0 Å². The fraction of sp³-hybridized carbons (Fsp3) is 0.481. The van der Waals surface area contributed by atoms with E-state index < -0.39 is 0 Å². The highest BCUT2D eigenvalue weighted by atomic mass is 16.7. The smallest absolute Gasteiger partial charge is 0.196 e. The highest BCUT2D eigenvalue weighted by Gasteiger charge is 2.53. The number of benzene rings is 7. The van der Waals surface area contributed by atoms with Crippen molar-refractivity contribution in [1.82, 2.24) is 0 Å². The zero-order valence-electron chi connectivity index (χ0n) is 51.8. The Bertz CT molecular complexity index is 3260. The first kappa shape index (κ1) is 56.1. The van der Waals surface area contributed by atoms with Crippen LogP contribution in [0, 0.1) is 69.5 Å². The SMILES string of the molecule is CC(OCC12CC3CC(CC(C3)C1)C2)Oc1ccc(-c2ccc(-c3cccc(-c4ccc(-c5ccc(OC(C)OCC67CC8CC(CC(C8)C6)C7)cc5)cc4)c3-c3ccc(-c4ccc(OC(C)OCC56CC7CC(CC(C7)C5)C6)cc4)cc3)cc2)cc1. The average Bonchev–Trinajstić information content (AvgIpc) is 1.75. The standard InChI is InChI=1S/C81H90O6/c1-52(82-49-79-40-55-31-56(41-79)33-57(32-55)42-79)85-73-25-19-67(20-26-73)64-7-13-70(14-8-64)76-5-4-6-77(71-15-9-65(10-16-71)68-21-27-74(28-22-68)86-53(2)83-50-80-43-58-34-59(44-80)36-60(35-58)45-80)78(76)72-17-11-66(12-18-72)69-23-29-75(30-24-69)87-54(3)84-51-81-46-61-37-62(47-81)39-63(38-61)48-81/h4-30,52-63H,31-51H2,1-3H3. The molecule has 6 nitrogen and oxygen atoms in total. The van der Waals surface area contributed by atoms with Crippen LogP contribution in [0.3, 0.4) is 0 Å². The number of ether oxygens (including phenoxy) is 6. The van der Waals surface area contributed by atoms with Gasteiger partial charge in [0.25, 0.3) is 0 Å². The second-order valence-electron chi connectivity index (χ2n) is 30.3. The summed E-state index contributed by atoms with van der Waals surface area (Å²) in [4.78, 5) is 0. The van der Waals surface area contributed by atoms with Crippen molar-refractivity contribution >= 4 is 0 Å². The molecule has 0 saturated heterocycles. The molecule has 12 aliphatic rings.